The van der Waals surface area contributed by atoms with E-state index in [4.69, 9.17) is 22.7 Å². The smallest absolute Gasteiger partial charge is 0.124 e. The summed E-state index contributed by atoms with van der Waals surface area (Å²) in [7, 11) is 0. The quantitative estimate of drug-likeness (QED) is 0.849. The van der Waals surface area contributed by atoms with Crippen molar-refractivity contribution >= 4 is 22.9 Å². The molecule has 0 bridgehead atoms. The topological polar surface area (TPSA) is 60.2 Å². The summed E-state index contributed by atoms with van der Waals surface area (Å²) in [6.07, 6.45) is 2.63. The van der Waals surface area contributed by atoms with Gasteiger partial charge in [-0.15, -0.1) is 0 Å². The summed E-state index contributed by atoms with van der Waals surface area (Å²) in [6.45, 7) is 0.710. The molecule has 102 valence electrons. The lowest BCUT2D eigenvalue weighted by Gasteiger charge is -2.27. The molecule has 1 aliphatic rings. The summed E-state index contributed by atoms with van der Waals surface area (Å²) in [5.74, 6) is 0.944. The highest BCUT2D eigenvalue weighted by molar-refractivity contribution is 7.80. The van der Waals surface area contributed by atoms with E-state index >= 15 is 0 Å². The Morgan fingerprint density at radius 2 is 2.20 bits per heavy atom. The summed E-state index contributed by atoms with van der Waals surface area (Å²) in [4.78, 5) is 4.45. The van der Waals surface area contributed by atoms with E-state index in [1.807, 2.05) is 30.3 Å². The molecular formula is C15H15N3OS. The Hall–Kier alpha value is -2.14. The molecule has 3 rings (SSSR count). The number of ether oxygens (including phenoxy) is 1. The van der Waals surface area contributed by atoms with Crippen molar-refractivity contribution in [3.8, 4) is 5.75 Å². The monoisotopic (exact) mass is 285 g/mol. The van der Waals surface area contributed by atoms with Gasteiger partial charge in [0.1, 0.15) is 10.7 Å². The largest absolute Gasteiger partial charge is 0.493 e. The second kappa shape index (κ2) is 5.46. The molecular weight excluding hydrogens is 270 g/mol. The molecule has 3 N–H and O–H groups in total. The standard InChI is InChI=1S/C15H15N3OS/c16-15(20)13-9-10(5-7-17-13)18-12-6-8-19-14-4-2-1-3-11(12)14/h1-5,7,9,12H,6,8H2,(H2,16,20)(H,17,18). The van der Waals surface area contributed by atoms with Gasteiger partial charge in [0.25, 0.3) is 0 Å². The van der Waals surface area contributed by atoms with Crippen LogP contribution in [-0.2, 0) is 0 Å². The van der Waals surface area contributed by atoms with Crippen molar-refractivity contribution in [1.82, 2.24) is 4.98 Å². The van der Waals surface area contributed by atoms with Crippen LogP contribution in [-0.4, -0.2) is 16.6 Å². The highest BCUT2D eigenvalue weighted by Crippen LogP contribution is 2.33. The summed E-state index contributed by atoms with van der Waals surface area (Å²) in [5, 5.41) is 3.50. The van der Waals surface area contributed by atoms with Crippen molar-refractivity contribution in [2.45, 2.75) is 12.5 Å². The SMILES string of the molecule is NC(=S)c1cc(NC2CCOc3ccccc32)ccn1. The number of nitrogens with one attached hydrogen (secondary N) is 1. The number of benzene rings is 1. The van der Waals surface area contributed by atoms with Gasteiger partial charge in [-0.05, 0) is 18.2 Å². The van der Waals surface area contributed by atoms with Crippen molar-refractivity contribution in [3.63, 3.8) is 0 Å². The van der Waals surface area contributed by atoms with Crippen molar-refractivity contribution < 1.29 is 4.74 Å². The molecule has 0 aliphatic carbocycles. The van der Waals surface area contributed by atoms with Crippen molar-refractivity contribution in [1.29, 1.82) is 0 Å². The lowest BCUT2D eigenvalue weighted by molar-refractivity contribution is 0.274. The highest BCUT2D eigenvalue weighted by Gasteiger charge is 2.20. The molecule has 1 aromatic heterocycles. The number of hydrogen-bond donors (Lipinski definition) is 2. The number of aromatic nitrogens is 1. The fourth-order valence-corrected chi connectivity index (χ4v) is 2.46. The van der Waals surface area contributed by atoms with E-state index in [2.05, 4.69) is 16.4 Å². The number of para-hydroxylation sites is 1. The lowest BCUT2D eigenvalue weighted by atomic mass is 10.0. The Bertz CT molecular complexity index is 645. The molecule has 20 heavy (non-hydrogen) atoms. The molecule has 0 saturated heterocycles. The van der Waals surface area contributed by atoms with Crippen molar-refractivity contribution in [3.05, 3.63) is 53.9 Å². The minimum absolute atomic E-state index is 0.224. The molecule has 2 aromatic rings. The van der Waals surface area contributed by atoms with Crippen LogP contribution in [0.3, 0.4) is 0 Å². The van der Waals surface area contributed by atoms with Gasteiger partial charge in [0.15, 0.2) is 0 Å². The van der Waals surface area contributed by atoms with Gasteiger partial charge in [0, 0.05) is 23.9 Å². The second-order valence-corrected chi connectivity index (χ2v) is 5.11. The summed E-state index contributed by atoms with van der Waals surface area (Å²) in [5.41, 5.74) is 8.38. The summed E-state index contributed by atoms with van der Waals surface area (Å²) in [6, 6.07) is 12.1. The summed E-state index contributed by atoms with van der Waals surface area (Å²) >= 11 is 4.96. The minimum atomic E-state index is 0.224. The molecule has 0 spiro atoms. The van der Waals surface area contributed by atoms with Gasteiger partial charge >= 0.3 is 0 Å². The average Bonchev–Trinajstić information content (AvgIpc) is 2.48. The maximum atomic E-state index is 5.66. The number of fused-ring (bicyclic) bond motifs is 1. The van der Waals surface area contributed by atoms with E-state index in [9.17, 15) is 0 Å². The third-order valence-corrected chi connectivity index (χ3v) is 3.52. The molecule has 4 nitrogen and oxygen atoms in total. The normalized spacial score (nSPS) is 16.9. The zero-order chi connectivity index (χ0) is 13.9. The maximum absolute atomic E-state index is 5.66. The fraction of sp³-hybridized carbons (Fsp3) is 0.200. The predicted octanol–water partition coefficient (Wildman–Crippen LogP) is 2.65. The number of nitrogens with two attached hydrogens (primary N) is 1. The van der Waals surface area contributed by atoms with Crippen LogP contribution in [0.2, 0.25) is 0 Å². The molecule has 2 heterocycles. The molecule has 1 aliphatic heterocycles. The first-order valence-corrected chi connectivity index (χ1v) is 6.89. The number of rotatable bonds is 3. The molecule has 0 fully saturated rings. The Balaban J connectivity index is 1.85. The molecule has 1 aromatic carbocycles. The number of nitrogens with zero attached hydrogens (tertiary/aromatic N) is 1. The molecule has 5 heteroatoms. The van der Waals surface area contributed by atoms with E-state index < -0.39 is 0 Å². The van der Waals surface area contributed by atoms with Crippen LogP contribution in [0.25, 0.3) is 0 Å². The Morgan fingerprint density at radius 1 is 1.35 bits per heavy atom. The van der Waals surface area contributed by atoms with E-state index in [1.54, 1.807) is 6.20 Å². The van der Waals surface area contributed by atoms with Gasteiger partial charge in [-0.2, -0.15) is 0 Å². The first-order valence-electron chi connectivity index (χ1n) is 6.48. The van der Waals surface area contributed by atoms with Crippen LogP contribution in [0, 0.1) is 0 Å². The van der Waals surface area contributed by atoms with E-state index in [-0.39, 0.29) is 6.04 Å². The van der Waals surface area contributed by atoms with Gasteiger partial charge in [-0.1, -0.05) is 30.4 Å². The van der Waals surface area contributed by atoms with Gasteiger partial charge < -0.3 is 15.8 Å². The first-order chi connectivity index (χ1) is 9.74. The van der Waals surface area contributed by atoms with E-state index in [0.717, 1.165) is 17.9 Å². The lowest BCUT2D eigenvalue weighted by Crippen LogP contribution is -2.20. The van der Waals surface area contributed by atoms with Crippen LogP contribution < -0.4 is 15.8 Å². The number of anilines is 1. The van der Waals surface area contributed by atoms with Crippen molar-refractivity contribution in [2.75, 3.05) is 11.9 Å². The van der Waals surface area contributed by atoms with Gasteiger partial charge in [0.05, 0.1) is 18.3 Å². The van der Waals surface area contributed by atoms with Gasteiger partial charge in [0.2, 0.25) is 0 Å². The van der Waals surface area contributed by atoms with Crippen LogP contribution in [0.15, 0.2) is 42.6 Å². The molecule has 0 radical (unpaired) electrons. The molecule has 0 saturated carbocycles. The van der Waals surface area contributed by atoms with E-state index in [0.29, 0.717) is 17.3 Å². The van der Waals surface area contributed by atoms with Crippen LogP contribution in [0.1, 0.15) is 23.7 Å². The fourth-order valence-electron chi connectivity index (χ4n) is 2.35. The van der Waals surface area contributed by atoms with Crippen LogP contribution in [0.4, 0.5) is 5.69 Å². The highest BCUT2D eigenvalue weighted by atomic mass is 32.1. The summed E-state index contributed by atoms with van der Waals surface area (Å²) < 4.78 is 5.66. The van der Waals surface area contributed by atoms with Crippen LogP contribution >= 0.6 is 12.2 Å². The zero-order valence-corrected chi connectivity index (χ0v) is 11.7. The third kappa shape index (κ3) is 2.58. The minimum Gasteiger partial charge on any atom is -0.493 e. The van der Waals surface area contributed by atoms with Crippen LogP contribution in [0.5, 0.6) is 5.75 Å². The van der Waals surface area contributed by atoms with Crippen molar-refractivity contribution in [2.24, 2.45) is 5.73 Å². The number of thiocarbonyl (C=S) groups is 1. The Kier molecular flexibility index (Phi) is 3.52. The molecule has 1 atom stereocenters. The second-order valence-electron chi connectivity index (χ2n) is 4.67. The third-order valence-electron chi connectivity index (χ3n) is 3.31. The predicted molar refractivity (Wildman–Crippen MR) is 83.0 cm³/mol. The Morgan fingerprint density at radius 3 is 3.05 bits per heavy atom. The maximum Gasteiger partial charge on any atom is 0.124 e. The Labute approximate surface area is 123 Å². The number of hydrogen-bond acceptors (Lipinski definition) is 4. The van der Waals surface area contributed by atoms with E-state index in [1.165, 1.54) is 5.56 Å². The zero-order valence-electron chi connectivity index (χ0n) is 10.9. The molecule has 1 unspecified atom stereocenters. The van der Waals surface area contributed by atoms with Gasteiger partial charge in [-0.25, -0.2) is 0 Å². The molecule has 0 amide bonds. The van der Waals surface area contributed by atoms with Gasteiger partial charge in [-0.3, -0.25) is 4.98 Å². The first kappa shape index (κ1) is 12.9. The average molecular weight is 285 g/mol. The number of pyridine rings is 1.